The number of para-hydroxylation sites is 1. The summed E-state index contributed by atoms with van der Waals surface area (Å²) in [5, 5.41) is 4.03. The van der Waals surface area contributed by atoms with Gasteiger partial charge in [-0.2, -0.15) is 0 Å². The van der Waals surface area contributed by atoms with Crippen LogP contribution in [0.2, 0.25) is 5.02 Å². The minimum Gasteiger partial charge on any atom is -0.495 e. The highest BCUT2D eigenvalue weighted by Crippen LogP contribution is 2.40. The van der Waals surface area contributed by atoms with Crippen LogP contribution in [0.5, 0.6) is 5.75 Å². The number of ether oxygens (including phenoxy) is 1. The number of hydrogen-bond acceptors (Lipinski definition) is 2. The molecule has 4 rings (SSSR count). The first-order valence-electron chi connectivity index (χ1n) is 8.20. The predicted molar refractivity (Wildman–Crippen MR) is 105 cm³/mol. The smallest absolute Gasteiger partial charge is 0.137 e. The van der Waals surface area contributed by atoms with Crippen LogP contribution in [0, 0.1) is 12.2 Å². The molecule has 0 amide bonds. The van der Waals surface area contributed by atoms with Crippen molar-refractivity contribution in [1.29, 1.82) is 0 Å². The Morgan fingerprint density at radius 2 is 1.65 bits per heavy atom. The summed E-state index contributed by atoms with van der Waals surface area (Å²) >= 11 is 6.33. The number of rotatable bonds is 3. The fourth-order valence-corrected chi connectivity index (χ4v) is 3.33. The molecule has 0 atom stereocenters. The van der Waals surface area contributed by atoms with Gasteiger partial charge in [0, 0.05) is 12.1 Å². The number of benzene rings is 3. The summed E-state index contributed by atoms with van der Waals surface area (Å²) in [6.45, 7) is 0. The molecule has 4 heteroatoms. The number of nitrogens with one attached hydrogen (secondary N) is 1. The van der Waals surface area contributed by atoms with Crippen molar-refractivity contribution in [3.05, 3.63) is 101 Å². The van der Waals surface area contributed by atoms with Crippen molar-refractivity contribution in [3.8, 4) is 5.75 Å². The topological polar surface area (TPSA) is 21.3 Å². The third-order valence-corrected chi connectivity index (χ3v) is 4.68. The Balaban J connectivity index is 1.87. The van der Waals surface area contributed by atoms with Crippen molar-refractivity contribution in [2.45, 2.75) is 0 Å². The van der Waals surface area contributed by atoms with Gasteiger partial charge >= 0.3 is 0 Å². The third kappa shape index (κ3) is 3.06. The van der Waals surface area contributed by atoms with E-state index in [1.165, 1.54) is 12.1 Å². The van der Waals surface area contributed by atoms with E-state index >= 15 is 0 Å². The fourth-order valence-electron chi connectivity index (χ4n) is 3.07. The van der Waals surface area contributed by atoms with Gasteiger partial charge in [-0.15, -0.1) is 0 Å². The minimum atomic E-state index is -0.261. The average molecular weight is 365 g/mol. The molecular weight excluding hydrogens is 349 g/mol. The van der Waals surface area contributed by atoms with Crippen molar-refractivity contribution in [1.82, 2.24) is 0 Å². The molecule has 3 aromatic carbocycles. The molecule has 1 aliphatic rings. The largest absolute Gasteiger partial charge is 0.495 e. The summed E-state index contributed by atoms with van der Waals surface area (Å²) < 4.78 is 18.6. The van der Waals surface area contributed by atoms with Gasteiger partial charge in [0.2, 0.25) is 0 Å². The zero-order valence-electron chi connectivity index (χ0n) is 14.1. The number of methoxy groups -OCH3 is 1. The molecule has 129 valence electrons. The third-order valence-electron chi connectivity index (χ3n) is 4.39. The van der Waals surface area contributed by atoms with E-state index in [0.29, 0.717) is 10.8 Å². The highest BCUT2D eigenvalue weighted by atomic mass is 35.5. The summed E-state index contributed by atoms with van der Waals surface area (Å²) in [6, 6.07) is 20.2. The van der Waals surface area contributed by atoms with Gasteiger partial charge in [-0.25, -0.2) is 4.39 Å². The van der Waals surface area contributed by atoms with Gasteiger partial charge < -0.3 is 10.1 Å². The Kier molecular flexibility index (Phi) is 4.39. The Hall–Kier alpha value is -2.78. The highest BCUT2D eigenvalue weighted by Gasteiger charge is 2.21. The molecular formula is C22H16ClFNO. The SMILES string of the molecule is COc1ccc(C2=C(c3ccc(F)cc3)Nc3ccccc3[CH]2)cc1Cl. The average Bonchev–Trinajstić information content (AvgIpc) is 2.67. The fraction of sp³-hybridized carbons (Fsp3) is 0.0455. The van der Waals surface area contributed by atoms with E-state index in [4.69, 9.17) is 16.3 Å². The van der Waals surface area contributed by atoms with Crippen molar-refractivity contribution in [2.24, 2.45) is 0 Å². The number of fused-ring (bicyclic) bond motifs is 1. The second-order valence-electron chi connectivity index (χ2n) is 6.00. The molecule has 1 heterocycles. The summed E-state index contributed by atoms with van der Waals surface area (Å²) in [6.07, 6.45) is 2.11. The maximum atomic E-state index is 13.4. The Morgan fingerprint density at radius 3 is 2.38 bits per heavy atom. The van der Waals surface area contributed by atoms with Crippen LogP contribution < -0.4 is 10.1 Å². The van der Waals surface area contributed by atoms with Crippen LogP contribution in [-0.2, 0) is 0 Å². The lowest BCUT2D eigenvalue weighted by molar-refractivity contribution is 0.415. The molecule has 1 aliphatic heterocycles. The monoisotopic (exact) mass is 364 g/mol. The maximum absolute atomic E-state index is 13.4. The molecule has 1 radical (unpaired) electrons. The van der Waals surface area contributed by atoms with Crippen molar-refractivity contribution in [3.63, 3.8) is 0 Å². The quantitative estimate of drug-likeness (QED) is 0.612. The van der Waals surface area contributed by atoms with Crippen molar-refractivity contribution < 1.29 is 9.13 Å². The molecule has 3 aromatic rings. The van der Waals surface area contributed by atoms with Crippen molar-refractivity contribution >= 4 is 28.6 Å². The summed E-state index contributed by atoms with van der Waals surface area (Å²) in [7, 11) is 1.59. The summed E-state index contributed by atoms with van der Waals surface area (Å²) in [5.74, 6) is 0.368. The molecule has 0 bridgehead atoms. The lowest BCUT2D eigenvalue weighted by Crippen LogP contribution is -2.10. The molecule has 0 saturated heterocycles. The van der Waals surface area contributed by atoms with Gasteiger partial charge in [-0.3, -0.25) is 0 Å². The van der Waals surface area contributed by atoms with Crippen LogP contribution in [0.15, 0.2) is 66.7 Å². The lowest BCUT2D eigenvalue weighted by Gasteiger charge is -2.25. The zero-order valence-corrected chi connectivity index (χ0v) is 14.8. The first-order chi connectivity index (χ1) is 12.7. The van der Waals surface area contributed by atoms with E-state index in [2.05, 4.69) is 17.8 Å². The van der Waals surface area contributed by atoms with Gasteiger partial charge in [0.25, 0.3) is 0 Å². The van der Waals surface area contributed by atoms with Crippen LogP contribution in [0.3, 0.4) is 0 Å². The molecule has 26 heavy (non-hydrogen) atoms. The van der Waals surface area contributed by atoms with Gasteiger partial charge in [0.15, 0.2) is 0 Å². The van der Waals surface area contributed by atoms with Crippen LogP contribution in [0.4, 0.5) is 10.1 Å². The maximum Gasteiger partial charge on any atom is 0.137 e. The van der Waals surface area contributed by atoms with Crippen LogP contribution in [0.1, 0.15) is 16.7 Å². The zero-order chi connectivity index (χ0) is 18.1. The van der Waals surface area contributed by atoms with Gasteiger partial charge in [0.05, 0.1) is 17.8 Å². The van der Waals surface area contributed by atoms with E-state index in [-0.39, 0.29) is 5.82 Å². The number of halogens is 2. The highest BCUT2D eigenvalue weighted by molar-refractivity contribution is 6.32. The van der Waals surface area contributed by atoms with E-state index < -0.39 is 0 Å². The standard InChI is InChI=1S/C22H16ClFNO/c1-26-21-11-8-15(13-19(21)23)18-12-16-4-2-3-5-20(16)25-22(18)14-6-9-17(24)10-7-14/h2-13,25H,1H3. The van der Waals surface area contributed by atoms with Crippen molar-refractivity contribution in [2.75, 3.05) is 12.4 Å². The lowest BCUT2D eigenvalue weighted by atomic mass is 9.89. The molecule has 0 aromatic heterocycles. The first kappa shape index (κ1) is 16.7. The van der Waals surface area contributed by atoms with Gasteiger partial charge in [-0.1, -0.05) is 35.9 Å². The second kappa shape index (κ2) is 6.85. The van der Waals surface area contributed by atoms with E-state index in [1.807, 2.05) is 36.4 Å². The normalized spacial score (nSPS) is 13.2. The summed E-state index contributed by atoms with van der Waals surface area (Å²) in [4.78, 5) is 0. The van der Waals surface area contributed by atoms with Crippen LogP contribution >= 0.6 is 11.6 Å². The number of anilines is 1. The second-order valence-corrected chi connectivity index (χ2v) is 6.41. The van der Waals surface area contributed by atoms with E-state index in [9.17, 15) is 4.39 Å². The van der Waals surface area contributed by atoms with Gasteiger partial charge in [0.1, 0.15) is 11.6 Å². The Labute approximate surface area is 156 Å². The van der Waals surface area contributed by atoms with E-state index in [1.54, 1.807) is 19.2 Å². The molecule has 0 spiro atoms. The minimum absolute atomic E-state index is 0.261. The predicted octanol–water partition coefficient (Wildman–Crippen LogP) is 6.03. The number of allylic oxidation sites excluding steroid dienone is 1. The Bertz CT molecular complexity index is 995. The molecule has 0 unspecified atom stereocenters. The summed E-state index contributed by atoms with van der Waals surface area (Å²) in [5.41, 5.74) is 5.84. The van der Waals surface area contributed by atoms with Gasteiger partial charge in [-0.05, 0) is 64.7 Å². The molecule has 2 nitrogen and oxygen atoms in total. The Morgan fingerprint density at radius 1 is 0.923 bits per heavy atom. The molecule has 0 aliphatic carbocycles. The molecule has 0 fully saturated rings. The van der Waals surface area contributed by atoms with Crippen LogP contribution in [0.25, 0.3) is 11.3 Å². The van der Waals surface area contributed by atoms with Crippen LogP contribution in [-0.4, -0.2) is 7.11 Å². The first-order valence-corrected chi connectivity index (χ1v) is 8.58. The molecule has 0 saturated carbocycles. The van der Waals surface area contributed by atoms with E-state index in [0.717, 1.165) is 33.6 Å². The molecule has 1 N–H and O–H groups in total. The number of hydrogen-bond donors (Lipinski definition) is 1.